The van der Waals surface area contributed by atoms with Crippen molar-refractivity contribution in [2.45, 2.75) is 0 Å². The van der Waals surface area contributed by atoms with E-state index in [1.165, 1.54) is 12.1 Å². The first-order valence-corrected chi connectivity index (χ1v) is 7.99. The lowest BCUT2D eigenvalue weighted by Gasteiger charge is -2.07. The van der Waals surface area contributed by atoms with Gasteiger partial charge in [0.15, 0.2) is 16.8 Å². The monoisotopic (exact) mass is 411 g/mol. The highest BCUT2D eigenvalue weighted by Gasteiger charge is 2.15. The van der Waals surface area contributed by atoms with Gasteiger partial charge in [-0.15, -0.1) is 0 Å². The number of halogens is 3. The van der Waals surface area contributed by atoms with Crippen LogP contribution < -0.4 is 10.7 Å². The summed E-state index contributed by atoms with van der Waals surface area (Å²) < 4.78 is 6.19. The Morgan fingerprint density at radius 3 is 2.61 bits per heavy atom. The van der Waals surface area contributed by atoms with Gasteiger partial charge in [0, 0.05) is 15.6 Å². The van der Waals surface area contributed by atoms with E-state index in [4.69, 9.17) is 27.6 Å². The third-order valence-electron chi connectivity index (χ3n) is 3.09. The van der Waals surface area contributed by atoms with Crippen LogP contribution in [0.3, 0.4) is 0 Å². The van der Waals surface area contributed by atoms with Crippen molar-refractivity contribution >= 4 is 61.7 Å². The number of hydrogen-bond donors (Lipinski definition) is 1. The molecule has 0 fully saturated rings. The van der Waals surface area contributed by atoms with Crippen molar-refractivity contribution < 1.29 is 9.21 Å². The Balaban J connectivity index is 2.05. The van der Waals surface area contributed by atoms with Crippen LogP contribution in [-0.2, 0) is 0 Å². The Hall–Kier alpha value is -1.82. The molecule has 116 valence electrons. The first-order valence-electron chi connectivity index (χ1n) is 6.44. The number of carbonyl (C=O) groups is 1. The fraction of sp³-hybridized carbons (Fsp3) is 0. The molecule has 0 saturated carbocycles. The van der Waals surface area contributed by atoms with E-state index in [9.17, 15) is 9.59 Å². The summed E-state index contributed by atoms with van der Waals surface area (Å²) in [7, 11) is 0. The van der Waals surface area contributed by atoms with E-state index in [1.54, 1.807) is 18.2 Å². The molecule has 7 heteroatoms. The Morgan fingerprint density at radius 2 is 1.87 bits per heavy atom. The maximum Gasteiger partial charge on any atom is 0.291 e. The molecule has 0 atom stereocenters. The van der Waals surface area contributed by atoms with Gasteiger partial charge in [-0.3, -0.25) is 9.59 Å². The minimum atomic E-state index is -0.554. The summed E-state index contributed by atoms with van der Waals surface area (Å²) in [5, 5.41) is 3.37. The van der Waals surface area contributed by atoms with E-state index in [2.05, 4.69) is 21.2 Å². The van der Waals surface area contributed by atoms with Crippen molar-refractivity contribution in [2.75, 3.05) is 5.32 Å². The molecule has 1 N–H and O–H groups in total. The number of carbonyl (C=O) groups excluding carboxylic acids is 1. The Bertz CT molecular complexity index is 985. The van der Waals surface area contributed by atoms with Gasteiger partial charge >= 0.3 is 0 Å². The van der Waals surface area contributed by atoms with Crippen molar-refractivity contribution in [3.8, 4) is 0 Å². The first kappa shape index (κ1) is 16.1. The van der Waals surface area contributed by atoms with Crippen LogP contribution in [0.5, 0.6) is 0 Å². The Kier molecular flexibility index (Phi) is 4.43. The lowest BCUT2D eigenvalue weighted by molar-refractivity contribution is 0.0997. The Morgan fingerprint density at radius 1 is 1.13 bits per heavy atom. The highest BCUT2D eigenvalue weighted by Crippen LogP contribution is 2.27. The van der Waals surface area contributed by atoms with Crippen molar-refractivity contribution in [3.63, 3.8) is 0 Å². The van der Waals surface area contributed by atoms with Gasteiger partial charge in [0.2, 0.25) is 0 Å². The topological polar surface area (TPSA) is 59.3 Å². The molecule has 0 aliphatic heterocycles. The highest BCUT2D eigenvalue weighted by molar-refractivity contribution is 9.10. The number of amides is 1. The maximum absolute atomic E-state index is 12.3. The molecular weight excluding hydrogens is 405 g/mol. The molecule has 3 aromatic rings. The second-order valence-corrected chi connectivity index (χ2v) is 6.37. The summed E-state index contributed by atoms with van der Waals surface area (Å²) in [6.07, 6.45) is 0. The predicted octanol–water partition coefficient (Wildman–Crippen LogP) is 5.11. The van der Waals surface area contributed by atoms with Crippen LogP contribution in [0.1, 0.15) is 10.6 Å². The zero-order valence-electron chi connectivity index (χ0n) is 11.4. The molecule has 2 aromatic carbocycles. The quantitative estimate of drug-likeness (QED) is 0.635. The summed E-state index contributed by atoms with van der Waals surface area (Å²) in [5.74, 6) is -0.690. The smallest absolute Gasteiger partial charge is 0.291 e. The van der Waals surface area contributed by atoms with Crippen LogP contribution in [-0.4, -0.2) is 5.91 Å². The molecule has 0 aliphatic rings. The van der Waals surface area contributed by atoms with Gasteiger partial charge in [0.1, 0.15) is 0 Å². The predicted molar refractivity (Wildman–Crippen MR) is 94.6 cm³/mol. The SMILES string of the molecule is O=C(Nc1ccccc1Br)c1cc(=O)c2cc(Cl)cc(Cl)c2o1. The van der Waals surface area contributed by atoms with Crippen molar-refractivity contribution in [1.82, 2.24) is 0 Å². The number of anilines is 1. The number of hydrogen-bond acceptors (Lipinski definition) is 3. The number of nitrogens with one attached hydrogen (secondary N) is 1. The normalized spacial score (nSPS) is 10.7. The van der Waals surface area contributed by atoms with E-state index in [-0.39, 0.29) is 21.8 Å². The van der Waals surface area contributed by atoms with E-state index >= 15 is 0 Å². The van der Waals surface area contributed by atoms with Crippen molar-refractivity contribution in [1.29, 1.82) is 0 Å². The summed E-state index contributed by atoms with van der Waals surface area (Å²) in [6.45, 7) is 0. The van der Waals surface area contributed by atoms with Crippen molar-refractivity contribution in [2.24, 2.45) is 0 Å². The minimum absolute atomic E-state index is 0.126. The summed E-state index contributed by atoms with van der Waals surface area (Å²) in [5.41, 5.74) is 0.288. The molecular formula is C16H8BrCl2NO3. The third-order valence-corrected chi connectivity index (χ3v) is 4.28. The maximum atomic E-state index is 12.3. The molecule has 0 bridgehead atoms. The molecule has 0 radical (unpaired) electrons. The average molecular weight is 413 g/mol. The standard InChI is InChI=1S/C16H8BrCl2NO3/c17-10-3-1-2-4-12(10)20-16(22)14-7-13(21)9-5-8(18)6-11(19)15(9)23-14/h1-7H,(H,20,22). The number of fused-ring (bicyclic) bond motifs is 1. The molecule has 3 rings (SSSR count). The summed E-state index contributed by atoms with van der Waals surface area (Å²) in [6, 6.07) is 11.1. The third kappa shape index (κ3) is 3.27. The molecule has 1 aromatic heterocycles. The number of para-hydroxylation sites is 1. The van der Waals surface area contributed by atoms with Crippen LogP contribution in [0.25, 0.3) is 11.0 Å². The van der Waals surface area contributed by atoms with Crippen LogP contribution in [0.4, 0.5) is 5.69 Å². The van der Waals surface area contributed by atoms with E-state index in [0.29, 0.717) is 15.2 Å². The second-order valence-electron chi connectivity index (χ2n) is 4.67. The van der Waals surface area contributed by atoms with Gasteiger partial charge in [0.05, 0.1) is 16.1 Å². The number of rotatable bonds is 2. The summed E-state index contributed by atoms with van der Waals surface area (Å²) >= 11 is 15.2. The van der Waals surface area contributed by atoms with Crippen LogP contribution in [0.15, 0.2) is 56.1 Å². The van der Waals surface area contributed by atoms with E-state index in [0.717, 1.165) is 6.07 Å². The zero-order valence-corrected chi connectivity index (χ0v) is 14.5. The van der Waals surface area contributed by atoms with Gasteiger partial charge in [0.25, 0.3) is 5.91 Å². The fourth-order valence-corrected chi connectivity index (χ4v) is 2.96. The molecule has 0 spiro atoms. The minimum Gasteiger partial charge on any atom is -0.449 e. The van der Waals surface area contributed by atoms with E-state index < -0.39 is 11.3 Å². The molecule has 0 unspecified atom stereocenters. The van der Waals surface area contributed by atoms with Gasteiger partial charge in [-0.1, -0.05) is 35.3 Å². The van der Waals surface area contributed by atoms with Gasteiger partial charge < -0.3 is 9.73 Å². The molecule has 1 amide bonds. The molecule has 0 aliphatic carbocycles. The lowest BCUT2D eigenvalue weighted by Crippen LogP contribution is -2.15. The average Bonchev–Trinajstić information content (AvgIpc) is 2.50. The van der Waals surface area contributed by atoms with Gasteiger partial charge in [-0.25, -0.2) is 0 Å². The van der Waals surface area contributed by atoms with E-state index in [1.807, 2.05) is 6.07 Å². The van der Waals surface area contributed by atoms with Crippen LogP contribution in [0, 0.1) is 0 Å². The van der Waals surface area contributed by atoms with Crippen molar-refractivity contribution in [3.05, 3.63) is 73.0 Å². The zero-order chi connectivity index (χ0) is 16.6. The second kappa shape index (κ2) is 6.35. The Labute approximate surface area is 149 Å². The fourth-order valence-electron chi connectivity index (χ4n) is 2.04. The molecule has 4 nitrogen and oxygen atoms in total. The molecule has 1 heterocycles. The number of benzene rings is 2. The molecule has 23 heavy (non-hydrogen) atoms. The van der Waals surface area contributed by atoms with Crippen LogP contribution >= 0.6 is 39.1 Å². The van der Waals surface area contributed by atoms with Crippen LogP contribution in [0.2, 0.25) is 10.0 Å². The largest absolute Gasteiger partial charge is 0.449 e. The highest BCUT2D eigenvalue weighted by atomic mass is 79.9. The lowest BCUT2D eigenvalue weighted by atomic mass is 10.2. The summed E-state index contributed by atoms with van der Waals surface area (Å²) in [4.78, 5) is 24.5. The van der Waals surface area contributed by atoms with Gasteiger partial charge in [-0.05, 0) is 40.2 Å². The molecule has 0 saturated heterocycles. The first-order chi connectivity index (χ1) is 11.0. The van der Waals surface area contributed by atoms with Gasteiger partial charge in [-0.2, -0.15) is 0 Å².